The van der Waals surface area contributed by atoms with Gasteiger partial charge < -0.3 is 25.1 Å². The van der Waals surface area contributed by atoms with E-state index in [-0.39, 0.29) is 6.42 Å². The van der Waals surface area contributed by atoms with Crippen LogP contribution >= 0.6 is 0 Å². The molecular weight excluding hydrogens is 222 g/mol. The fraction of sp³-hybridized carbons (Fsp3) is 0.417. The first-order valence-electron chi connectivity index (χ1n) is 5.33. The summed E-state index contributed by atoms with van der Waals surface area (Å²) < 4.78 is 10.2. The zero-order valence-electron chi connectivity index (χ0n) is 9.77. The number of carboxylic acid groups (broad SMARTS) is 1. The van der Waals surface area contributed by atoms with Crippen LogP contribution in [0.15, 0.2) is 18.2 Å². The Morgan fingerprint density at radius 1 is 1.41 bits per heavy atom. The molecule has 0 amide bonds. The van der Waals surface area contributed by atoms with Crippen LogP contribution in [-0.4, -0.2) is 26.3 Å². The van der Waals surface area contributed by atoms with Crippen molar-refractivity contribution in [1.82, 2.24) is 0 Å². The molecule has 0 aliphatic heterocycles. The lowest BCUT2D eigenvalue weighted by molar-refractivity contribution is -0.305. The first kappa shape index (κ1) is 13.3. The fourth-order valence-electron chi connectivity index (χ4n) is 1.37. The fourth-order valence-corrected chi connectivity index (χ4v) is 1.37. The normalized spacial score (nSPS) is 10.2. The highest BCUT2D eigenvalue weighted by molar-refractivity contribution is 5.65. The molecule has 0 fully saturated rings. The van der Waals surface area contributed by atoms with Crippen molar-refractivity contribution in [2.24, 2.45) is 0 Å². The maximum Gasteiger partial charge on any atom is 0.142 e. The van der Waals surface area contributed by atoms with Crippen LogP contribution in [0.5, 0.6) is 5.75 Å². The van der Waals surface area contributed by atoms with Gasteiger partial charge in [-0.05, 0) is 30.5 Å². The second-order valence-corrected chi connectivity index (χ2v) is 3.59. The summed E-state index contributed by atoms with van der Waals surface area (Å²) in [6, 6.07) is 5.24. The lowest BCUT2D eigenvalue weighted by atomic mass is 10.1. The Morgan fingerprint density at radius 2 is 2.18 bits per heavy atom. The van der Waals surface area contributed by atoms with Crippen molar-refractivity contribution in [3.63, 3.8) is 0 Å². The summed E-state index contributed by atoms with van der Waals surface area (Å²) in [5, 5.41) is 10.3. The number of anilines is 1. The Kier molecular flexibility index (Phi) is 5.29. The van der Waals surface area contributed by atoms with Crippen molar-refractivity contribution in [2.45, 2.75) is 12.8 Å². The number of aryl methyl sites for hydroxylation is 1. The predicted molar refractivity (Wildman–Crippen MR) is 61.6 cm³/mol. The summed E-state index contributed by atoms with van der Waals surface area (Å²) in [4.78, 5) is 10.3. The number of hydrogen-bond donors (Lipinski definition) is 1. The Labute approximate surface area is 100 Å². The number of aliphatic carboxylic acids is 1. The summed E-state index contributed by atoms with van der Waals surface area (Å²) >= 11 is 0. The maximum atomic E-state index is 10.3. The van der Waals surface area contributed by atoms with Gasteiger partial charge in [-0.2, -0.15) is 0 Å². The van der Waals surface area contributed by atoms with Gasteiger partial charge in [0.1, 0.15) is 12.4 Å². The van der Waals surface area contributed by atoms with Crippen molar-refractivity contribution < 1.29 is 19.4 Å². The number of methoxy groups -OCH3 is 1. The van der Waals surface area contributed by atoms with Crippen LogP contribution in [0.1, 0.15) is 12.0 Å². The van der Waals surface area contributed by atoms with E-state index in [0.717, 1.165) is 5.56 Å². The summed E-state index contributed by atoms with van der Waals surface area (Å²) in [5.74, 6) is -0.483. The molecule has 1 rings (SSSR count). The van der Waals surface area contributed by atoms with Gasteiger partial charge in [-0.1, -0.05) is 6.07 Å². The zero-order valence-corrected chi connectivity index (χ0v) is 9.77. The second kappa shape index (κ2) is 6.75. The smallest absolute Gasteiger partial charge is 0.142 e. The molecule has 1 aromatic rings. The molecule has 2 N–H and O–H groups in total. The molecule has 0 aromatic heterocycles. The molecule has 5 nitrogen and oxygen atoms in total. The van der Waals surface area contributed by atoms with E-state index in [0.29, 0.717) is 31.1 Å². The highest BCUT2D eigenvalue weighted by atomic mass is 16.5. The minimum absolute atomic E-state index is 0.0106. The van der Waals surface area contributed by atoms with Gasteiger partial charge in [0.25, 0.3) is 0 Å². The van der Waals surface area contributed by atoms with Crippen LogP contribution in [0.3, 0.4) is 0 Å². The zero-order chi connectivity index (χ0) is 12.7. The van der Waals surface area contributed by atoms with Gasteiger partial charge in [0.15, 0.2) is 0 Å². The summed E-state index contributed by atoms with van der Waals surface area (Å²) in [6.45, 7) is 0.922. The molecule has 0 spiro atoms. The van der Waals surface area contributed by atoms with Crippen LogP contribution in [-0.2, 0) is 16.0 Å². The molecule has 17 heavy (non-hydrogen) atoms. The van der Waals surface area contributed by atoms with Gasteiger partial charge in [-0.25, -0.2) is 0 Å². The standard InChI is InChI=1S/C12H17NO4/c1-16-6-7-17-11-4-2-9(8-10(11)13)3-5-12(14)15/h2,4,8H,3,5-7,13H2,1H3,(H,14,15)/p-1. The molecule has 0 aliphatic rings. The van der Waals surface area contributed by atoms with Crippen molar-refractivity contribution in [2.75, 3.05) is 26.1 Å². The molecule has 1 aromatic carbocycles. The van der Waals surface area contributed by atoms with Gasteiger partial charge in [-0.3, -0.25) is 0 Å². The quantitative estimate of drug-likeness (QED) is 0.533. The van der Waals surface area contributed by atoms with Gasteiger partial charge in [-0.15, -0.1) is 0 Å². The van der Waals surface area contributed by atoms with E-state index in [1.807, 2.05) is 0 Å². The largest absolute Gasteiger partial charge is 0.550 e. The third-order valence-corrected chi connectivity index (χ3v) is 2.24. The number of carbonyl (C=O) groups excluding carboxylic acids is 1. The molecule has 0 radical (unpaired) electrons. The van der Waals surface area contributed by atoms with E-state index in [4.69, 9.17) is 15.2 Å². The molecule has 0 aliphatic carbocycles. The summed E-state index contributed by atoms with van der Waals surface area (Å²) in [5.41, 5.74) is 7.13. The van der Waals surface area contributed by atoms with Crippen LogP contribution in [0.2, 0.25) is 0 Å². The lowest BCUT2D eigenvalue weighted by Gasteiger charge is -2.10. The molecule has 0 bridgehead atoms. The number of rotatable bonds is 7. The Morgan fingerprint density at radius 3 is 2.76 bits per heavy atom. The maximum absolute atomic E-state index is 10.3. The number of hydrogen-bond acceptors (Lipinski definition) is 5. The third kappa shape index (κ3) is 4.74. The van der Waals surface area contributed by atoms with Crippen LogP contribution < -0.4 is 15.6 Å². The van der Waals surface area contributed by atoms with Crippen LogP contribution in [0.4, 0.5) is 5.69 Å². The van der Waals surface area contributed by atoms with E-state index in [1.165, 1.54) is 0 Å². The minimum Gasteiger partial charge on any atom is -0.550 e. The number of ether oxygens (including phenoxy) is 2. The monoisotopic (exact) mass is 238 g/mol. The first-order valence-corrected chi connectivity index (χ1v) is 5.33. The SMILES string of the molecule is COCCOc1ccc(CCC(=O)[O-])cc1N. The molecule has 0 saturated carbocycles. The minimum atomic E-state index is -1.07. The third-order valence-electron chi connectivity index (χ3n) is 2.24. The topological polar surface area (TPSA) is 84.6 Å². The Hall–Kier alpha value is -1.75. The van der Waals surface area contributed by atoms with Crippen molar-refractivity contribution in [3.8, 4) is 5.75 Å². The molecule has 0 unspecified atom stereocenters. The van der Waals surface area contributed by atoms with Crippen molar-refractivity contribution >= 4 is 11.7 Å². The molecule has 0 heterocycles. The summed E-state index contributed by atoms with van der Waals surface area (Å²) in [6.07, 6.45) is 0.397. The highest BCUT2D eigenvalue weighted by Crippen LogP contribution is 2.23. The van der Waals surface area contributed by atoms with Gasteiger partial charge >= 0.3 is 0 Å². The van der Waals surface area contributed by atoms with Gasteiger partial charge in [0.2, 0.25) is 0 Å². The Bertz CT molecular complexity index is 379. The highest BCUT2D eigenvalue weighted by Gasteiger charge is 2.02. The van der Waals surface area contributed by atoms with E-state index in [2.05, 4.69) is 0 Å². The number of nitrogens with two attached hydrogens (primary N) is 1. The van der Waals surface area contributed by atoms with E-state index < -0.39 is 5.97 Å². The van der Waals surface area contributed by atoms with Crippen LogP contribution in [0, 0.1) is 0 Å². The average Bonchev–Trinajstić information content (AvgIpc) is 2.29. The first-order chi connectivity index (χ1) is 8.13. The predicted octanol–water partition coefficient (Wildman–Crippen LogP) is -0.0235. The van der Waals surface area contributed by atoms with Crippen molar-refractivity contribution in [1.29, 1.82) is 0 Å². The number of carbonyl (C=O) groups is 1. The molecule has 0 saturated heterocycles. The molecule has 5 heteroatoms. The number of benzene rings is 1. The van der Waals surface area contributed by atoms with E-state index in [9.17, 15) is 9.90 Å². The molecular formula is C12H16NO4-. The second-order valence-electron chi connectivity index (χ2n) is 3.59. The van der Waals surface area contributed by atoms with Crippen LogP contribution in [0.25, 0.3) is 0 Å². The van der Waals surface area contributed by atoms with Gasteiger partial charge in [0.05, 0.1) is 12.3 Å². The molecule has 0 atom stereocenters. The van der Waals surface area contributed by atoms with E-state index >= 15 is 0 Å². The lowest BCUT2D eigenvalue weighted by Crippen LogP contribution is -2.22. The van der Waals surface area contributed by atoms with Crippen molar-refractivity contribution in [3.05, 3.63) is 23.8 Å². The Balaban J connectivity index is 2.56. The molecule has 94 valence electrons. The van der Waals surface area contributed by atoms with E-state index in [1.54, 1.807) is 25.3 Å². The number of nitrogen functional groups attached to an aromatic ring is 1. The average molecular weight is 238 g/mol. The number of carboxylic acids is 1. The van der Waals surface area contributed by atoms with Gasteiger partial charge in [0, 0.05) is 13.1 Å². The summed E-state index contributed by atoms with van der Waals surface area (Å²) in [7, 11) is 1.59.